The summed E-state index contributed by atoms with van der Waals surface area (Å²) in [4.78, 5) is 0. The van der Waals surface area contributed by atoms with Crippen LogP contribution in [0, 0.1) is 5.41 Å². The lowest BCUT2D eigenvalue weighted by Gasteiger charge is -2.39. The summed E-state index contributed by atoms with van der Waals surface area (Å²) in [7, 11) is 0. The molecule has 1 aliphatic heterocycles. The van der Waals surface area contributed by atoms with Gasteiger partial charge in [-0.05, 0) is 18.3 Å². The van der Waals surface area contributed by atoms with E-state index < -0.39 is 0 Å². The molecular weight excluding hydrogens is 150 g/mol. The maximum Gasteiger partial charge on any atom is 0.0749 e. The first-order chi connectivity index (χ1) is 5.41. The molecule has 0 aromatic carbocycles. The van der Waals surface area contributed by atoms with E-state index in [2.05, 4.69) is 32.7 Å². The molecule has 1 fully saturated rings. The van der Waals surface area contributed by atoms with Crippen molar-refractivity contribution in [2.75, 3.05) is 0 Å². The van der Waals surface area contributed by atoms with Gasteiger partial charge < -0.3 is 10.4 Å². The quantitative estimate of drug-likeness (QED) is 0.578. The molecule has 0 bridgehead atoms. The molecule has 0 aliphatic carbocycles. The zero-order valence-electron chi connectivity index (χ0n) is 8.22. The van der Waals surface area contributed by atoms with Gasteiger partial charge in [-0.25, -0.2) is 0 Å². The number of nitrogens with one attached hydrogen (secondary N) is 1. The van der Waals surface area contributed by atoms with E-state index in [4.69, 9.17) is 0 Å². The summed E-state index contributed by atoms with van der Waals surface area (Å²) in [5.74, 6) is 0. The van der Waals surface area contributed by atoms with E-state index in [9.17, 15) is 5.11 Å². The van der Waals surface area contributed by atoms with E-state index in [0.29, 0.717) is 0 Å². The molecule has 1 heterocycles. The van der Waals surface area contributed by atoms with Crippen LogP contribution in [0.4, 0.5) is 0 Å². The van der Waals surface area contributed by atoms with Gasteiger partial charge >= 0.3 is 0 Å². The van der Waals surface area contributed by atoms with Crippen LogP contribution in [0.5, 0.6) is 0 Å². The van der Waals surface area contributed by atoms with Crippen LogP contribution in [0.15, 0.2) is 12.3 Å². The molecule has 0 radical (unpaired) electrons. The van der Waals surface area contributed by atoms with E-state index in [1.54, 1.807) is 0 Å². The van der Waals surface area contributed by atoms with Gasteiger partial charge in [-0.15, -0.1) is 0 Å². The Morgan fingerprint density at radius 1 is 1.50 bits per heavy atom. The van der Waals surface area contributed by atoms with Crippen LogP contribution < -0.4 is 5.32 Å². The molecule has 70 valence electrons. The molecule has 0 aromatic heterocycles. The average molecular weight is 169 g/mol. The summed E-state index contributed by atoms with van der Waals surface area (Å²) in [5.41, 5.74) is 1.16. The minimum atomic E-state index is -0.226. The second-order valence-electron chi connectivity index (χ2n) is 4.70. The Morgan fingerprint density at radius 3 is 2.50 bits per heavy atom. The Bertz CT molecular complexity index is 181. The van der Waals surface area contributed by atoms with Gasteiger partial charge in [0.05, 0.1) is 12.1 Å². The van der Waals surface area contributed by atoms with Crippen molar-refractivity contribution in [3.63, 3.8) is 0 Å². The number of piperidine rings is 1. The normalized spacial score (nSPS) is 31.5. The van der Waals surface area contributed by atoms with Gasteiger partial charge in [-0.2, -0.15) is 0 Å². The third-order valence-electron chi connectivity index (χ3n) is 2.42. The van der Waals surface area contributed by atoms with Gasteiger partial charge in [0.15, 0.2) is 0 Å². The fourth-order valence-corrected chi connectivity index (χ4v) is 1.67. The van der Waals surface area contributed by atoms with Crippen LogP contribution >= 0.6 is 0 Å². The SMILES string of the molecule is C=C1CCC(O)C(C(C)(C)C)N1. The number of hydrogen-bond donors (Lipinski definition) is 2. The topological polar surface area (TPSA) is 32.3 Å². The first-order valence-electron chi connectivity index (χ1n) is 4.53. The molecule has 2 N–H and O–H groups in total. The van der Waals surface area contributed by atoms with Crippen molar-refractivity contribution >= 4 is 0 Å². The van der Waals surface area contributed by atoms with Gasteiger partial charge in [0.25, 0.3) is 0 Å². The molecule has 0 aromatic rings. The van der Waals surface area contributed by atoms with Crippen LogP contribution in [-0.2, 0) is 0 Å². The molecule has 1 aliphatic rings. The van der Waals surface area contributed by atoms with E-state index in [-0.39, 0.29) is 17.6 Å². The molecule has 12 heavy (non-hydrogen) atoms. The Labute approximate surface area is 74.7 Å². The highest BCUT2D eigenvalue weighted by Crippen LogP contribution is 2.28. The van der Waals surface area contributed by atoms with Gasteiger partial charge in [-0.3, -0.25) is 0 Å². The number of hydrogen-bond acceptors (Lipinski definition) is 2. The summed E-state index contributed by atoms with van der Waals surface area (Å²) in [6.45, 7) is 10.3. The number of aliphatic hydroxyl groups excluding tert-OH is 1. The number of aliphatic hydroxyl groups is 1. The Morgan fingerprint density at radius 2 is 2.08 bits per heavy atom. The molecule has 0 spiro atoms. The first-order valence-corrected chi connectivity index (χ1v) is 4.53. The van der Waals surface area contributed by atoms with Crippen molar-refractivity contribution in [2.24, 2.45) is 5.41 Å². The third-order valence-corrected chi connectivity index (χ3v) is 2.42. The lowest BCUT2D eigenvalue weighted by molar-refractivity contribution is 0.0555. The van der Waals surface area contributed by atoms with Crippen LogP contribution in [0.1, 0.15) is 33.6 Å². The highest BCUT2D eigenvalue weighted by Gasteiger charge is 2.33. The Hall–Kier alpha value is -0.500. The molecule has 2 heteroatoms. The van der Waals surface area contributed by atoms with Crippen molar-refractivity contribution in [1.29, 1.82) is 0 Å². The number of rotatable bonds is 0. The molecule has 2 nitrogen and oxygen atoms in total. The molecule has 1 saturated heterocycles. The summed E-state index contributed by atoms with van der Waals surface area (Å²) in [5, 5.41) is 13.0. The first kappa shape index (κ1) is 9.59. The summed E-state index contributed by atoms with van der Waals surface area (Å²) in [6.07, 6.45) is 1.51. The lowest BCUT2D eigenvalue weighted by Crippen LogP contribution is -2.51. The minimum absolute atomic E-state index is 0.1000. The summed E-state index contributed by atoms with van der Waals surface area (Å²) >= 11 is 0. The molecular formula is C10H19NO. The molecule has 1 rings (SSSR count). The van der Waals surface area contributed by atoms with Crippen molar-refractivity contribution in [1.82, 2.24) is 5.32 Å². The van der Waals surface area contributed by atoms with Crippen molar-refractivity contribution < 1.29 is 5.11 Å². The second-order valence-corrected chi connectivity index (χ2v) is 4.70. The standard InChI is InChI=1S/C10H19NO/c1-7-5-6-8(12)9(11-7)10(2,3)4/h8-9,11-12H,1,5-6H2,2-4H3. The fourth-order valence-electron chi connectivity index (χ4n) is 1.67. The Kier molecular flexibility index (Phi) is 2.47. The van der Waals surface area contributed by atoms with E-state index in [1.807, 2.05) is 0 Å². The molecule has 0 amide bonds. The minimum Gasteiger partial charge on any atom is -0.391 e. The fraction of sp³-hybridized carbons (Fsp3) is 0.800. The van der Waals surface area contributed by atoms with Crippen molar-refractivity contribution in [2.45, 2.75) is 45.8 Å². The van der Waals surface area contributed by atoms with Crippen LogP contribution in [0.3, 0.4) is 0 Å². The maximum atomic E-state index is 9.72. The van der Waals surface area contributed by atoms with Crippen molar-refractivity contribution in [3.8, 4) is 0 Å². The van der Waals surface area contributed by atoms with Crippen LogP contribution in [0.2, 0.25) is 0 Å². The zero-order chi connectivity index (χ0) is 9.35. The highest BCUT2D eigenvalue weighted by atomic mass is 16.3. The predicted octanol–water partition coefficient (Wildman–Crippen LogP) is 1.66. The molecule has 0 saturated carbocycles. The van der Waals surface area contributed by atoms with Gasteiger partial charge in [0.1, 0.15) is 0 Å². The summed E-state index contributed by atoms with van der Waals surface area (Å²) < 4.78 is 0. The zero-order valence-corrected chi connectivity index (χ0v) is 8.22. The highest BCUT2D eigenvalue weighted by molar-refractivity contribution is 5.04. The number of allylic oxidation sites excluding steroid dienone is 1. The van der Waals surface area contributed by atoms with Crippen molar-refractivity contribution in [3.05, 3.63) is 12.3 Å². The maximum absolute atomic E-state index is 9.72. The van der Waals surface area contributed by atoms with Gasteiger partial charge in [0.2, 0.25) is 0 Å². The average Bonchev–Trinajstić information content (AvgIpc) is 1.92. The Balaban J connectivity index is 2.67. The van der Waals surface area contributed by atoms with Crippen LogP contribution in [-0.4, -0.2) is 17.3 Å². The summed E-state index contributed by atoms with van der Waals surface area (Å²) in [6, 6.07) is 0.152. The van der Waals surface area contributed by atoms with Crippen LogP contribution in [0.25, 0.3) is 0 Å². The third kappa shape index (κ3) is 2.01. The van der Waals surface area contributed by atoms with E-state index in [1.165, 1.54) is 0 Å². The van der Waals surface area contributed by atoms with Gasteiger partial charge in [0, 0.05) is 5.70 Å². The molecule has 2 atom stereocenters. The monoisotopic (exact) mass is 169 g/mol. The molecule has 2 unspecified atom stereocenters. The second kappa shape index (κ2) is 3.09. The van der Waals surface area contributed by atoms with E-state index in [0.717, 1.165) is 18.5 Å². The van der Waals surface area contributed by atoms with E-state index >= 15 is 0 Å². The largest absolute Gasteiger partial charge is 0.391 e. The predicted molar refractivity (Wildman–Crippen MR) is 50.8 cm³/mol. The lowest BCUT2D eigenvalue weighted by atomic mass is 9.80. The smallest absolute Gasteiger partial charge is 0.0749 e. The van der Waals surface area contributed by atoms with Gasteiger partial charge in [-0.1, -0.05) is 27.4 Å².